The van der Waals surface area contributed by atoms with Crippen LogP contribution in [0.5, 0.6) is 0 Å². The molecule has 0 saturated heterocycles. The molecule has 0 aliphatic carbocycles. The van der Waals surface area contributed by atoms with Crippen molar-refractivity contribution in [3.63, 3.8) is 0 Å². The summed E-state index contributed by atoms with van der Waals surface area (Å²) >= 11 is 0. The van der Waals surface area contributed by atoms with Crippen LogP contribution in [0.4, 0.5) is 5.69 Å². The molecule has 0 saturated carbocycles. The Hall–Kier alpha value is -2.35. The van der Waals surface area contributed by atoms with Crippen molar-refractivity contribution in [2.45, 2.75) is 26.2 Å². The van der Waals surface area contributed by atoms with Crippen molar-refractivity contribution in [3.05, 3.63) is 39.9 Å². The highest BCUT2D eigenvalue weighted by molar-refractivity contribution is 5.83. The van der Waals surface area contributed by atoms with Crippen LogP contribution in [0.1, 0.15) is 31.7 Å². The lowest BCUT2D eigenvalue weighted by molar-refractivity contribution is -0.384. The fourth-order valence-corrected chi connectivity index (χ4v) is 1.59. The molecule has 0 heterocycles. The third kappa shape index (κ3) is 4.43. The zero-order chi connectivity index (χ0) is 14.3. The Balaban J connectivity index is 2.67. The Kier molecular flexibility index (Phi) is 5.55. The van der Waals surface area contributed by atoms with Crippen molar-refractivity contribution >= 4 is 11.6 Å². The molecule has 0 spiro atoms. The summed E-state index contributed by atoms with van der Waals surface area (Å²) in [6.07, 6.45) is 0.601. The molecule has 1 aromatic rings. The molecule has 1 atom stereocenters. The number of carbonyl (C=O) groups excluding carboxylic acids is 1. The minimum absolute atomic E-state index is 0.00556. The van der Waals surface area contributed by atoms with Gasteiger partial charge in [-0.05, 0) is 19.4 Å². The largest absolute Gasteiger partial charge is 0.355 e. The first-order valence-corrected chi connectivity index (χ1v) is 5.98. The van der Waals surface area contributed by atoms with Crippen LogP contribution in [0, 0.1) is 22.0 Å². The number of benzene rings is 1. The number of nitro benzene ring substituents is 1. The van der Waals surface area contributed by atoms with Crippen molar-refractivity contribution in [2.75, 3.05) is 6.54 Å². The van der Waals surface area contributed by atoms with Crippen molar-refractivity contribution < 1.29 is 9.72 Å². The van der Waals surface area contributed by atoms with Gasteiger partial charge in [0.15, 0.2) is 0 Å². The van der Waals surface area contributed by atoms with Gasteiger partial charge < -0.3 is 5.32 Å². The third-order valence-corrected chi connectivity index (χ3v) is 2.70. The maximum absolute atomic E-state index is 11.9. The van der Waals surface area contributed by atoms with Crippen molar-refractivity contribution in [2.24, 2.45) is 0 Å². The van der Waals surface area contributed by atoms with Crippen molar-refractivity contribution in [3.8, 4) is 11.8 Å². The minimum Gasteiger partial charge on any atom is -0.355 e. The zero-order valence-corrected chi connectivity index (χ0v) is 11.0. The van der Waals surface area contributed by atoms with Gasteiger partial charge in [-0.3, -0.25) is 14.9 Å². The van der Waals surface area contributed by atoms with Gasteiger partial charge >= 0.3 is 0 Å². The quantitative estimate of drug-likeness (QED) is 0.382. The van der Waals surface area contributed by atoms with E-state index in [1.54, 1.807) is 26.0 Å². The van der Waals surface area contributed by atoms with Crippen LogP contribution in [-0.2, 0) is 4.79 Å². The molecule has 100 valence electrons. The summed E-state index contributed by atoms with van der Waals surface area (Å²) in [5.74, 6) is 5.02. The maximum atomic E-state index is 11.9. The van der Waals surface area contributed by atoms with E-state index in [0.717, 1.165) is 0 Å². The maximum Gasteiger partial charge on any atom is 0.269 e. The van der Waals surface area contributed by atoms with Gasteiger partial charge in [-0.2, -0.15) is 0 Å². The van der Waals surface area contributed by atoms with Crippen LogP contribution in [0.3, 0.4) is 0 Å². The van der Waals surface area contributed by atoms with E-state index in [0.29, 0.717) is 18.5 Å². The van der Waals surface area contributed by atoms with Crippen LogP contribution in [0.15, 0.2) is 24.3 Å². The molecular formula is C14H16N2O3. The molecule has 1 rings (SSSR count). The number of carbonyl (C=O) groups is 1. The highest BCUT2D eigenvalue weighted by Crippen LogP contribution is 2.20. The van der Waals surface area contributed by atoms with E-state index in [2.05, 4.69) is 17.2 Å². The van der Waals surface area contributed by atoms with Crippen LogP contribution in [0.25, 0.3) is 0 Å². The van der Waals surface area contributed by atoms with E-state index >= 15 is 0 Å². The van der Waals surface area contributed by atoms with E-state index in [4.69, 9.17) is 0 Å². The van der Waals surface area contributed by atoms with Gasteiger partial charge in [-0.25, -0.2) is 0 Å². The number of hydrogen-bond donors (Lipinski definition) is 1. The number of rotatable bonds is 5. The third-order valence-electron chi connectivity index (χ3n) is 2.70. The lowest BCUT2D eigenvalue weighted by Crippen LogP contribution is -2.28. The number of non-ortho nitro benzene ring substituents is 1. The Labute approximate surface area is 112 Å². The topological polar surface area (TPSA) is 72.2 Å². The van der Waals surface area contributed by atoms with E-state index in [9.17, 15) is 14.9 Å². The molecule has 5 heteroatoms. The van der Waals surface area contributed by atoms with Crippen LogP contribution in [-0.4, -0.2) is 17.4 Å². The zero-order valence-electron chi connectivity index (χ0n) is 11.0. The lowest BCUT2D eigenvalue weighted by atomic mass is 10.00. The van der Waals surface area contributed by atoms with E-state index in [1.165, 1.54) is 12.1 Å². The number of hydrogen-bond acceptors (Lipinski definition) is 3. The molecule has 1 unspecified atom stereocenters. The molecule has 1 aromatic carbocycles. The highest BCUT2D eigenvalue weighted by atomic mass is 16.6. The van der Waals surface area contributed by atoms with Gasteiger partial charge in [0.05, 0.1) is 10.8 Å². The summed E-state index contributed by atoms with van der Waals surface area (Å²) in [7, 11) is 0. The predicted octanol–water partition coefficient (Wildman–Crippen LogP) is 2.23. The van der Waals surface area contributed by atoms with Gasteiger partial charge in [0, 0.05) is 25.1 Å². The van der Waals surface area contributed by atoms with Crippen molar-refractivity contribution in [1.29, 1.82) is 0 Å². The SMILES string of the molecule is CC#CCCNC(=O)C(C)c1cccc([N+](=O)[O-])c1. The molecule has 0 bridgehead atoms. The van der Waals surface area contributed by atoms with Gasteiger partial charge in [0.25, 0.3) is 5.69 Å². The normalized spacial score (nSPS) is 11.1. The summed E-state index contributed by atoms with van der Waals surface area (Å²) in [5.41, 5.74) is 0.627. The summed E-state index contributed by atoms with van der Waals surface area (Å²) in [5, 5.41) is 13.4. The first-order chi connectivity index (χ1) is 9.06. The fourth-order valence-electron chi connectivity index (χ4n) is 1.59. The molecule has 0 aliphatic heterocycles. The average molecular weight is 260 g/mol. The number of amides is 1. The molecule has 0 aliphatic rings. The lowest BCUT2D eigenvalue weighted by Gasteiger charge is -2.11. The molecule has 5 nitrogen and oxygen atoms in total. The molecule has 0 fully saturated rings. The van der Waals surface area contributed by atoms with Gasteiger partial charge in [-0.1, -0.05) is 12.1 Å². The fraction of sp³-hybridized carbons (Fsp3) is 0.357. The number of nitro groups is 1. The van der Waals surface area contributed by atoms with Crippen LogP contribution >= 0.6 is 0 Å². The van der Waals surface area contributed by atoms with Gasteiger partial charge in [-0.15, -0.1) is 11.8 Å². The minimum atomic E-state index is -0.467. The van der Waals surface area contributed by atoms with Gasteiger partial charge in [0.2, 0.25) is 5.91 Å². The molecule has 0 radical (unpaired) electrons. The average Bonchev–Trinajstić information content (AvgIpc) is 2.42. The Morgan fingerprint density at radius 1 is 1.53 bits per heavy atom. The molecule has 1 N–H and O–H groups in total. The highest BCUT2D eigenvalue weighted by Gasteiger charge is 2.17. The van der Waals surface area contributed by atoms with Crippen molar-refractivity contribution in [1.82, 2.24) is 5.32 Å². The second-order valence-electron chi connectivity index (χ2n) is 4.04. The molecule has 1 amide bonds. The summed E-state index contributed by atoms with van der Waals surface area (Å²) in [4.78, 5) is 22.1. The van der Waals surface area contributed by atoms with Gasteiger partial charge in [0.1, 0.15) is 0 Å². The Bertz CT molecular complexity index is 529. The molecule has 0 aromatic heterocycles. The first-order valence-electron chi connectivity index (χ1n) is 5.98. The second-order valence-corrected chi connectivity index (χ2v) is 4.04. The number of nitrogens with one attached hydrogen (secondary N) is 1. The molecule has 19 heavy (non-hydrogen) atoms. The second kappa shape index (κ2) is 7.17. The number of nitrogens with zero attached hydrogens (tertiary/aromatic N) is 1. The predicted molar refractivity (Wildman–Crippen MR) is 72.6 cm³/mol. The standard InChI is InChI=1S/C14H16N2O3/c1-3-4-5-9-15-14(17)11(2)12-7-6-8-13(10-12)16(18)19/h6-8,10-11H,5,9H2,1-2H3,(H,15,17). The Morgan fingerprint density at radius 2 is 2.26 bits per heavy atom. The molecular weight excluding hydrogens is 244 g/mol. The Morgan fingerprint density at radius 3 is 2.89 bits per heavy atom. The first kappa shape index (κ1) is 14.7. The van der Waals surface area contributed by atoms with E-state index < -0.39 is 10.8 Å². The smallest absolute Gasteiger partial charge is 0.269 e. The van der Waals surface area contributed by atoms with E-state index in [-0.39, 0.29) is 11.6 Å². The summed E-state index contributed by atoms with van der Waals surface area (Å²) in [6.45, 7) is 3.95. The summed E-state index contributed by atoms with van der Waals surface area (Å²) in [6, 6.07) is 6.13. The van der Waals surface area contributed by atoms with E-state index in [1.807, 2.05) is 0 Å². The van der Waals surface area contributed by atoms with Crippen LogP contribution < -0.4 is 5.32 Å². The summed E-state index contributed by atoms with van der Waals surface area (Å²) < 4.78 is 0. The van der Waals surface area contributed by atoms with Crippen LogP contribution in [0.2, 0.25) is 0 Å². The monoisotopic (exact) mass is 260 g/mol.